The molecule has 0 fully saturated rings. The highest BCUT2D eigenvalue weighted by Crippen LogP contribution is 2.36. The molecule has 0 spiro atoms. The topological polar surface area (TPSA) is 46.9 Å². The first kappa shape index (κ1) is 17.7. The van der Waals surface area contributed by atoms with E-state index in [9.17, 15) is 9.18 Å². The maximum absolute atomic E-state index is 13.4. The predicted octanol–water partition coefficient (Wildman–Crippen LogP) is 6.01. The summed E-state index contributed by atoms with van der Waals surface area (Å²) in [4.78, 5) is 14.1. The van der Waals surface area contributed by atoms with E-state index < -0.39 is 0 Å². The molecule has 9 heteroatoms. The highest BCUT2D eigenvalue weighted by Gasteiger charge is 2.19. The van der Waals surface area contributed by atoms with Gasteiger partial charge in [-0.25, -0.2) is 9.07 Å². The zero-order chi connectivity index (χ0) is 18.3. The van der Waals surface area contributed by atoms with Crippen molar-refractivity contribution in [1.82, 2.24) is 9.78 Å². The molecule has 0 aliphatic carbocycles. The smallest absolute Gasteiger partial charge is 0.268 e. The first-order valence-electron chi connectivity index (χ1n) is 7.45. The van der Waals surface area contributed by atoms with Crippen molar-refractivity contribution in [2.24, 2.45) is 0 Å². The van der Waals surface area contributed by atoms with Crippen molar-refractivity contribution in [2.45, 2.75) is 6.54 Å². The first-order valence-corrected chi connectivity index (χ1v) is 10.3. The zero-order valence-electron chi connectivity index (χ0n) is 13.0. The quantitative estimate of drug-likeness (QED) is 0.397. The number of nitrogens with zero attached hydrogens (tertiary/aromatic N) is 2. The molecule has 0 saturated heterocycles. The number of carbonyl (C=O) groups is 1. The molecule has 3 heterocycles. The van der Waals surface area contributed by atoms with Gasteiger partial charge in [-0.2, -0.15) is 5.10 Å². The highest BCUT2D eigenvalue weighted by molar-refractivity contribution is 9.10. The van der Waals surface area contributed by atoms with Crippen molar-refractivity contribution in [3.05, 3.63) is 67.0 Å². The zero-order valence-corrected chi connectivity index (χ0v) is 17.0. The van der Waals surface area contributed by atoms with Crippen LogP contribution in [0.25, 0.3) is 10.1 Å². The Bertz CT molecular complexity index is 1120. The molecular formula is C17H10BrClFN3OS2. The van der Waals surface area contributed by atoms with Gasteiger partial charge < -0.3 is 5.32 Å². The molecule has 1 aromatic carbocycles. The number of benzene rings is 1. The summed E-state index contributed by atoms with van der Waals surface area (Å²) in [7, 11) is 0. The standard InChI is InChI=1S/C17H10BrClFN3OS2/c18-9-5-11(25-8-9)7-23-14(3-4-21-23)22-17(24)16-15(19)12-2-1-10(20)6-13(12)26-16/h1-6,8H,7H2,(H,22,24). The normalized spacial score (nSPS) is 11.2. The fraction of sp³-hybridized carbons (Fsp3) is 0.0588. The molecule has 0 bridgehead atoms. The number of carbonyl (C=O) groups excluding carboxylic acids is 1. The monoisotopic (exact) mass is 469 g/mol. The van der Waals surface area contributed by atoms with Crippen molar-refractivity contribution in [3.63, 3.8) is 0 Å². The third kappa shape index (κ3) is 3.42. The Morgan fingerprint density at radius 2 is 2.19 bits per heavy atom. The minimum absolute atomic E-state index is 0.329. The van der Waals surface area contributed by atoms with Gasteiger partial charge in [-0.15, -0.1) is 22.7 Å². The SMILES string of the molecule is O=C(Nc1ccnn1Cc1cc(Br)cs1)c1sc2cc(F)ccc2c1Cl. The number of thiophene rings is 2. The molecule has 4 rings (SSSR count). The summed E-state index contributed by atoms with van der Waals surface area (Å²) in [6.07, 6.45) is 1.63. The van der Waals surface area contributed by atoms with Gasteiger partial charge in [-0.05, 0) is 40.2 Å². The Kier molecular flexibility index (Phi) is 4.83. The first-order chi connectivity index (χ1) is 12.5. The Balaban J connectivity index is 1.59. The molecule has 132 valence electrons. The minimum atomic E-state index is -0.359. The molecular weight excluding hydrogens is 461 g/mol. The van der Waals surface area contributed by atoms with E-state index in [0.717, 1.165) is 20.7 Å². The average molecular weight is 471 g/mol. The van der Waals surface area contributed by atoms with Crippen LogP contribution in [0.15, 0.2) is 46.4 Å². The predicted molar refractivity (Wildman–Crippen MR) is 108 cm³/mol. The van der Waals surface area contributed by atoms with Crippen LogP contribution in [0.2, 0.25) is 5.02 Å². The van der Waals surface area contributed by atoms with Crippen LogP contribution in [0.4, 0.5) is 10.2 Å². The van der Waals surface area contributed by atoms with Gasteiger partial charge in [0.25, 0.3) is 5.91 Å². The van der Waals surface area contributed by atoms with Crippen LogP contribution in [0, 0.1) is 5.82 Å². The lowest BCUT2D eigenvalue weighted by molar-refractivity contribution is 0.102. The Hall–Kier alpha value is -1.74. The molecule has 0 atom stereocenters. The summed E-state index contributed by atoms with van der Waals surface area (Å²) >= 11 is 12.5. The van der Waals surface area contributed by atoms with E-state index in [-0.39, 0.29) is 11.7 Å². The molecule has 3 aromatic heterocycles. The van der Waals surface area contributed by atoms with Crippen LogP contribution in [0.5, 0.6) is 0 Å². The maximum atomic E-state index is 13.4. The van der Waals surface area contributed by atoms with Crippen molar-refractivity contribution in [3.8, 4) is 0 Å². The van der Waals surface area contributed by atoms with Gasteiger partial charge in [0.05, 0.1) is 17.8 Å². The van der Waals surface area contributed by atoms with E-state index in [4.69, 9.17) is 11.6 Å². The Morgan fingerprint density at radius 1 is 1.35 bits per heavy atom. The number of halogens is 3. The fourth-order valence-corrected chi connectivity index (χ4v) is 5.38. The van der Waals surface area contributed by atoms with E-state index in [1.165, 1.54) is 12.1 Å². The second-order valence-corrected chi connectivity index (χ2v) is 8.79. The van der Waals surface area contributed by atoms with E-state index in [1.54, 1.807) is 34.3 Å². The van der Waals surface area contributed by atoms with Crippen molar-refractivity contribution in [1.29, 1.82) is 0 Å². The lowest BCUT2D eigenvalue weighted by Crippen LogP contribution is -2.15. The molecule has 4 aromatic rings. The molecule has 0 unspecified atom stereocenters. The van der Waals surface area contributed by atoms with Gasteiger partial charge in [0, 0.05) is 30.9 Å². The summed E-state index contributed by atoms with van der Waals surface area (Å²) < 4.78 is 16.7. The van der Waals surface area contributed by atoms with Crippen LogP contribution >= 0.6 is 50.2 Å². The largest absolute Gasteiger partial charge is 0.306 e. The maximum Gasteiger partial charge on any atom is 0.268 e. The van der Waals surface area contributed by atoms with Gasteiger partial charge in [0.2, 0.25) is 0 Å². The number of hydrogen-bond donors (Lipinski definition) is 1. The number of rotatable bonds is 4. The summed E-state index contributed by atoms with van der Waals surface area (Å²) in [5.41, 5.74) is 0. The van der Waals surface area contributed by atoms with Crippen LogP contribution in [-0.4, -0.2) is 15.7 Å². The van der Waals surface area contributed by atoms with Gasteiger partial charge in [-0.1, -0.05) is 11.6 Å². The Morgan fingerprint density at radius 3 is 2.96 bits per heavy atom. The number of amides is 1. The minimum Gasteiger partial charge on any atom is -0.306 e. The molecule has 1 amide bonds. The van der Waals surface area contributed by atoms with E-state index >= 15 is 0 Å². The molecule has 0 aliphatic rings. The van der Waals surface area contributed by atoms with Crippen molar-refractivity contribution >= 4 is 72.0 Å². The van der Waals surface area contributed by atoms with Gasteiger partial charge in [-0.3, -0.25) is 4.79 Å². The van der Waals surface area contributed by atoms with Crippen molar-refractivity contribution in [2.75, 3.05) is 5.32 Å². The molecule has 0 radical (unpaired) electrons. The summed E-state index contributed by atoms with van der Waals surface area (Å²) in [6, 6.07) is 8.02. The average Bonchev–Trinajstić information content (AvgIpc) is 3.29. The molecule has 1 N–H and O–H groups in total. The number of anilines is 1. The van der Waals surface area contributed by atoms with E-state index in [1.807, 2.05) is 11.4 Å². The number of aromatic nitrogens is 2. The lowest BCUT2D eigenvalue weighted by atomic mass is 10.2. The van der Waals surface area contributed by atoms with Crippen LogP contribution in [0.1, 0.15) is 14.5 Å². The second-order valence-electron chi connectivity index (χ2n) is 5.45. The number of hydrogen-bond acceptors (Lipinski definition) is 4. The molecule has 4 nitrogen and oxygen atoms in total. The van der Waals surface area contributed by atoms with Crippen molar-refractivity contribution < 1.29 is 9.18 Å². The lowest BCUT2D eigenvalue weighted by Gasteiger charge is -2.07. The number of fused-ring (bicyclic) bond motifs is 1. The van der Waals surface area contributed by atoms with Crippen LogP contribution in [0.3, 0.4) is 0 Å². The molecule has 26 heavy (non-hydrogen) atoms. The third-order valence-electron chi connectivity index (χ3n) is 3.68. The fourth-order valence-electron chi connectivity index (χ4n) is 2.51. The summed E-state index contributed by atoms with van der Waals surface area (Å²) in [5.74, 6) is -0.132. The van der Waals surface area contributed by atoms with Crippen LogP contribution < -0.4 is 5.32 Å². The second kappa shape index (κ2) is 7.11. The highest BCUT2D eigenvalue weighted by atomic mass is 79.9. The number of nitrogens with one attached hydrogen (secondary N) is 1. The molecule has 0 aliphatic heterocycles. The summed E-state index contributed by atoms with van der Waals surface area (Å²) in [5, 5.41) is 10.1. The molecule has 0 saturated carbocycles. The third-order valence-corrected chi connectivity index (χ3v) is 7.02. The van der Waals surface area contributed by atoms with E-state index in [0.29, 0.717) is 32.3 Å². The summed E-state index contributed by atoms with van der Waals surface area (Å²) in [6.45, 7) is 0.546. The van der Waals surface area contributed by atoms with E-state index in [2.05, 4.69) is 26.3 Å². The van der Waals surface area contributed by atoms with Gasteiger partial charge >= 0.3 is 0 Å². The van der Waals surface area contributed by atoms with Gasteiger partial charge in [0.1, 0.15) is 16.5 Å². The van der Waals surface area contributed by atoms with Crippen LogP contribution in [-0.2, 0) is 6.54 Å². The van der Waals surface area contributed by atoms with Gasteiger partial charge in [0.15, 0.2) is 0 Å². The Labute approximate surface area is 169 Å².